The minimum atomic E-state index is -2.20. The third-order valence-electron chi connectivity index (χ3n) is 24.6. The number of para-hydroxylation sites is 5. The predicted octanol–water partition coefficient (Wildman–Crippen LogP) is 33.3. The Bertz CT molecular complexity index is 8300. The summed E-state index contributed by atoms with van der Waals surface area (Å²) in [5.41, 5.74) is 18.3. The summed E-state index contributed by atoms with van der Waals surface area (Å²) >= 11 is 0. The maximum atomic E-state index is 15.0. The number of aromatic nitrogens is 2. The van der Waals surface area contributed by atoms with Crippen molar-refractivity contribution in [3.05, 3.63) is 459 Å². The molecule has 618 valence electrons. The van der Waals surface area contributed by atoms with Crippen LogP contribution in [0.2, 0.25) is 0 Å². The summed E-state index contributed by atoms with van der Waals surface area (Å²) in [6.45, 7) is 0. The molecule has 5 nitrogen and oxygen atoms in total. The fourth-order valence-corrected chi connectivity index (χ4v) is 18.4. The molecule has 15 heteroatoms. The van der Waals surface area contributed by atoms with Crippen LogP contribution in [0.15, 0.2) is 405 Å². The molecule has 23 aromatic rings. The highest BCUT2D eigenvalue weighted by Crippen LogP contribution is 2.47. The maximum Gasteiger partial charge on any atom is 0.200 e. The molecule has 0 atom stereocenters. The van der Waals surface area contributed by atoms with Gasteiger partial charge in [-0.1, -0.05) is 243 Å². The van der Waals surface area contributed by atoms with Gasteiger partial charge >= 0.3 is 0 Å². The van der Waals surface area contributed by atoms with Crippen LogP contribution in [0, 0.1) is 58.2 Å². The molecule has 0 amide bonds. The van der Waals surface area contributed by atoms with E-state index >= 15 is 0 Å². The Morgan fingerprint density at radius 1 is 0.163 bits per heavy atom. The van der Waals surface area contributed by atoms with E-state index in [9.17, 15) is 43.9 Å². The number of rotatable bonds is 14. The summed E-state index contributed by atoms with van der Waals surface area (Å²) < 4.78 is 155. The largest absolute Gasteiger partial charge is 0.456 e. The minimum absolute atomic E-state index is 0.150. The Hall–Kier alpha value is -16.5. The van der Waals surface area contributed by atoms with Crippen LogP contribution in [-0.4, -0.2) is 9.13 Å². The van der Waals surface area contributed by atoms with Crippen molar-refractivity contribution in [1.29, 1.82) is 0 Å². The molecule has 3 aromatic heterocycles. The first kappa shape index (κ1) is 78.5. The van der Waals surface area contributed by atoms with Crippen molar-refractivity contribution in [2.75, 3.05) is 9.80 Å². The molecule has 0 aliphatic heterocycles. The molecule has 0 saturated heterocycles. The molecular formula is C114H66F10N4O. The van der Waals surface area contributed by atoms with Gasteiger partial charge < -0.3 is 23.4 Å². The normalized spacial score (nSPS) is 11.6. The molecule has 129 heavy (non-hydrogen) atoms. The van der Waals surface area contributed by atoms with Crippen molar-refractivity contribution in [3.8, 4) is 78.1 Å². The van der Waals surface area contributed by atoms with E-state index in [1.165, 1.54) is 51.2 Å². The van der Waals surface area contributed by atoms with E-state index in [4.69, 9.17) is 4.42 Å². The van der Waals surface area contributed by atoms with Crippen LogP contribution >= 0.6 is 0 Å². The van der Waals surface area contributed by atoms with Crippen molar-refractivity contribution in [3.63, 3.8) is 0 Å². The molecule has 0 unspecified atom stereocenters. The second-order valence-electron chi connectivity index (χ2n) is 31.8. The summed E-state index contributed by atoms with van der Waals surface area (Å²) in [5.74, 6) is -19.9. The van der Waals surface area contributed by atoms with Gasteiger partial charge in [0.1, 0.15) is 11.2 Å². The quantitative estimate of drug-likeness (QED) is 0.0470. The Morgan fingerprint density at radius 3 is 0.767 bits per heavy atom. The van der Waals surface area contributed by atoms with Crippen LogP contribution in [0.1, 0.15) is 0 Å². The monoisotopic (exact) mass is 1700 g/mol. The summed E-state index contributed by atoms with van der Waals surface area (Å²) in [6, 6.07) is 132. The van der Waals surface area contributed by atoms with E-state index in [0.717, 1.165) is 150 Å². The van der Waals surface area contributed by atoms with E-state index < -0.39 is 69.3 Å². The predicted molar refractivity (Wildman–Crippen MR) is 503 cm³/mol. The molecule has 0 fully saturated rings. The first-order valence-corrected chi connectivity index (χ1v) is 41.8. The van der Waals surface area contributed by atoms with Crippen molar-refractivity contribution in [1.82, 2.24) is 9.13 Å². The van der Waals surface area contributed by atoms with Gasteiger partial charge in [-0.3, -0.25) is 0 Å². The van der Waals surface area contributed by atoms with Gasteiger partial charge in [0.15, 0.2) is 46.5 Å². The van der Waals surface area contributed by atoms with Gasteiger partial charge in [-0.15, -0.1) is 0 Å². The number of hydrogen-bond acceptors (Lipinski definition) is 3. The van der Waals surface area contributed by atoms with Crippen molar-refractivity contribution in [2.45, 2.75) is 0 Å². The van der Waals surface area contributed by atoms with Crippen LogP contribution in [-0.2, 0) is 0 Å². The van der Waals surface area contributed by atoms with Crippen molar-refractivity contribution >= 4 is 132 Å². The fourth-order valence-electron chi connectivity index (χ4n) is 18.4. The van der Waals surface area contributed by atoms with Gasteiger partial charge in [-0.25, -0.2) is 43.9 Å². The Labute approximate surface area is 731 Å². The molecule has 0 radical (unpaired) electrons. The number of nitrogens with zero attached hydrogens (tertiary/aromatic N) is 4. The zero-order valence-electron chi connectivity index (χ0n) is 68.1. The van der Waals surface area contributed by atoms with Crippen LogP contribution in [0.4, 0.5) is 78.0 Å². The van der Waals surface area contributed by atoms with Gasteiger partial charge in [-0.05, 0) is 246 Å². The summed E-state index contributed by atoms with van der Waals surface area (Å²) in [7, 11) is 0. The van der Waals surface area contributed by atoms with Gasteiger partial charge in [0.2, 0.25) is 11.6 Å². The molecular weight excluding hydrogens is 1630 g/mol. The van der Waals surface area contributed by atoms with Crippen LogP contribution < -0.4 is 9.80 Å². The second-order valence-corrected chi connectivity index (χ2v) is 31.8. The van der Waals surface area contributed by atoms with Crippen LogP contribution in [0.3, 0.4) is 0 Å². The van der Waals surface area contributed by atoms with Crippen molar-refractivity contribution in [2.24, 2.45) is 0 Å². The lowest BCUT2D eigenvalue weighted by Crippen LogP contribution is -2.10. The lowest BCUT2D eigenvalue weighted by atomic mass is 9.92. The molecule has 0 bridgehead atoms. The average molecular weight is 1700 g/mol. The Kier molecular flexibility index (Phi) is 19.4. The molecule has 0 saturated carbocycles. The summed E-state index contributed by atoms with van der Waals surface area (Å²) in [6.07, 6.45) is 0. The first-order valence-electron chi connectivity index (χ1n) is 41.8. The topological polar surface area (TPSA) is 29.5 Å². The Balaban J connectivity index is 0.000000152. The molecule has 0 N–H and O–H groups in total. The molecule has 0 spiro atoms. The standard InChI is InChI=1S/C60H35F5N2.C54H31F5N2O/c61-56-55(57(62)59(64)60(65)58(56)63)38-22-30-44(31-23-38)66(42-26-18-36(19-27-42)39-24-32-49-47-14-5-4-12-45(47)46-13-6-7-15-48(46)51(49)34-39)43-28-20-37(21-29-43)40-25-33-54-52(35-40)50-16-8-9-17-53(50)67(54)41-10-2-1-3-11-41;55-50-49(51(56)53(58)54(59)52(50)57)34-18-26-40(27-19-34)60(39-24-16-33(17-25-39)36-20-28-43-42-11-5-7-13-47(42)62-48(43)31-36)38-22-14-32(15-23-38)35-21-29-46-44(30-35)41-10-4-6-12-45(41)61(46)37-8-2-1-3-9-37/h1-35H;1-31H. The molecule has 3 heterocycles. The zero-order valence-corrected chi connectivity index (χ0v) is 68.1. The highest BCUT2D eigenvalue weighted by molar-refractivity contribution is 6.26. The van der Waals surface area contributed by atoms with Crippen molar-refractivity contribution < 1.29 is 48.3 Å². The van der Waals surface area contributed by atoms with E-state index in [-0.39, 0.29) is 11.1 Å². The van der Waals surface area contributed by atoms with Crippen LogP contribution in [0.25, 0.3) is 176 Å². The first-order chi connectivity index (χ1) is 63.1. The van der Waals surface area contributed by atoms with Crippen LogP contribution in [0.5, 0.6) is 0 Å². The van der Waals surface area contributed by atoms with Gasteiger partial charge in [0, 0.05) is 77.8 Å². The molecule has 0 aliphatic rings. The summed E-state index contributed by atoms with van der Waals surface area (Å²) in [4.78, 5) is 3.96. The highest BCUT2D eigenvalue weighted by atomic mass is 19.2. The van der Waals surface area contributed by atoms with E-state index in [2.05, 4.69) is 215 Å². The Morgan fingerprint density at radius 2 is 0.403 bits per heavy atom. The average Bonchev–Trinajstić information content (AvgIpc) is 1.69. The van der Waals surface area contributed by atoms with E-state index in [0.29, 0.717) is 11.4 Å². The second kappa shape index (κ2) is 31.9. The lowest BCUT2D eigenvalue weighted by molar-refractivity contribution is 0.381. The number of halogens is 10. The summed E-state index contributed by atoms with van der Waals surface area (Å²) in [5, 5.41) is 13.7. The van der Waals surface area contributed by atoms with Gasteiger partial charge in [-0.2, -0.15) is 0 Å². The van der Waals surface area contributed by atoms with Gasteiger partial charge in [0.25, 0.3) is 0 Å². The number of furan rings is 1. The molecule has 20 aromatic carbocycles. The number of benzene rings is 20. The third kappa shape index (κ3) is 13.5. The maximum absolute atomic E-state index is 15.0. The third-order valence-corrected chi connectivity index (χ3v) is 24.6. The lowest BCUT2D eigenvalue weighted by Gasteiger charge is -2.26. The molecule has 0 aliphatic carbocycles. The molecule has 23 rings (SSSR count). The van der Waals surface area contributed by atoms with E-state index in [1.54, 1.807) is 24.3 Å². The number of hydrogen-bond donors (Lipinski definition) is 0. The number of anilines is 6. The fraction of sp³-hybridized carbons (Fsp3) is 0. The van der Waals surface area contributed by atoms with Gasteiger partial charge in [0.05, 0.1) is 33.2 Å². The number of fused-ring (bicyclic) bond motifs is 15. The highest BCUT2D eigenvalue weighted by Gasteiger charge is 2.30. The SMILES string of the molecule is Fc1c(F)c(F)c(-c2ccc(N(c3ccc(-c4ccc5c(c4)oc4ccccc45)cc3)c3ccc(-c4ccc5c(c4)c4ccccc4n5-c4ccccc4)cc3)cc2)c(F)c1F.Fc1c(F)c(F)c(-c2ccc(N(c3ccc(-c4ccc5c6ccccc6c6ccccc6c5c4)cc3)c3ccc(-c4ccc5c(c4)c4ccccc4n5-c4ccccc4)cc3)cc2)c(F)c1F. The van der Waals surface area contributed by atoms with E-state index in [1.807, 2.05) is 155 Å². The zero-order chi connectivity index (χ0) is 87.4. The minimum Gasteiger partial charge on any atom is -0.456 e. The smallest absolute Gasteiger partial charge is 0.200 e.